The van der Waals surface area contributed by atoms with E-state index in [2.05, 4.69) is 40.7 Å². The number of alkyl halides is 3. The smallest absolute Gasteiger partial charge is 0.380 e. The van der Waals surface area contributed by atoms with Crippen molar-refractivity contribution in [2.45, 2.75) is 56.1 Å². The lowest BCUT2D eigenvalue weighted by molar-refractivity contribution is -0.148. The first-order valence-electron chi connectivity index (χ1n) is 15.5. The second kappa shape index (κ2) is 16.5. The number of thiol groups is 1. The lowest BCUT2D eigenvalue weighted by atomic mass is 9.97. The number of nitrogens with zero attached hydrogens (tertiary/aromatic N) is 4. The standard InChI is InChI=1S/C24H32Cl2F3N5O2S.C8H9Cl/c1-31-6-8-33(9-7-31)23(36)21-18(25)10-15(11-19(21)26)30-16-13-34(14-16)17-2-4-32(5-3-17)22(35)20(37)12-24(27,28)29;1-2-7-4-3-5-8(9)6-7/h10-11,16-17,20,30,37H,2-9,12-14H2,1H3;3-6H,2H2,1H3. The second-order valence-electron chi connectivity index (χ2n) is 12.1. The van der Waals surface area contributed by atoms with E-state index in [0.717, 1.165) is 43.3 Å². The normalized spacial score (nSPS) is 19.2. The molecule has 3 fully saturated rings. The Morgan fingerprint density at radius 3 is 2.09 bits per heavy atom. The molecule has 3 aliphatic heterocycles. The quantitative estimate of drug-likeness (QED) is 0.315. The van der Waals surface area contributed by atoms with Crippen LogP contribution in [-0.4, -0.2) is 114 Å². The zero-order valence-electron chi connectivity index (χ0n) is 26.0. The van der Waals surface area contributed by atoms with Gasteiger partial charge in [0.25, 0.3) is 5.91 Å². The van der Waals surface area contributed by atoms with E-state index in [-0.39, 0.29) is 18.0 Å². The molecule has 5 rings (SSSR count). The number of aryl methyl sites for hydroxylation is 1. The van der Waals surface area contributed by atoms with E-state index in [0.29, 0.717) is 54.6 Å². The SMILES string of the molecule is CCc1cccc(Cl)c1.CN1CCN(C(=O)c2c(Cl)cc(NC3CN(C4CCN(C(=O)C(S)CC(F)(F)F)CC4)C3)cc2Cl)CC1. The number of rotatable bonds is 7. The molecule has 3 saturated heterocycles. The number of likely N-dealkylation sites (N-methyl/N-ethyl adjacent to an activating group) is 1. The van der Waals surface area contributed by atoms with Gasteiger partial charge in [0.1, 0.15) is 0 Å². The van der Waals surface area contributed by atoms with Crippen LogP contribution >= 0.6 is 47.4 Å². The summed E-state index contributed by atoms with van der Waals surface area (Å²) < 4.78 is 37.7. The summed E-state index contributed by atoms with van der Waals surface area (Å²) in [6.07, 6.45) is -3.14. The van der Waals surface area contributed by atoms with Crippen LogP contribution in [0.2, 0.25) is 15.1 Å². The Bertz CT molecular complexity index is 1330. The van der Waals surface area contributed by atoms with Crippen molar-refractivity contribution in [2.75, 3.05) is 64.7 Å². The van der Waals surface area contributed by atoms with Gasteiger partial charge >= 0.3 is 6.18 Å². The summed E-state index contributed by atoms with van der Waals surface area (Å²) in [5, 5.41) is 3.54. The Labute approximate surface area is 289 Å². The topological polar surface area (TPSA) is 59.1 Å². The Morgan fingerprint density at radius 1 is 0.957 bits per heavy atom. The molecule has 0 spiro atoms. The third-order valence-electron chi connectivity index (χ3n) is 8.63. The summed E-state index contributed by atoms with van der Waals surface area (Å²) in [5.74, 6) is -0.706. The minimum atomic E-state index is -4.41. The molecule has 0 aromatic heterocycles. The lowest BCUT2D eigenvalue weighted by Crippen LogP contribution is -2.60. The van der Waals surface area contributed by atoms with Gasteiger partial charge in [0.05, 0.1) is 33.3 Å². The summed E-state index contributed by atoms with van der Waals surface area (Å²) in [4.78, 5) is 33.0. The first-order chi connectivity index (χ1) is 21.7. The monoisotopic (exact) mass is 721 g/mol. The lowest BCUT2D eigenvalue weighted by Gasteiger charge is -2.47. The number of hydrogen-bond donors (Lipinski definition) is 2. The number of anilines is 1. The van der Waals surface area contributed by atoms with Crippen LogP contribution in [0.1, 0.15) is 42.1 Å². The average Bonchev–Trinajstić information content (AvgIpc) is 2.98. The molecule has 7 nitrogen and oxygen atoms in total. The van der Waals surface area contributed by atoms with Gasteiger partial charge in [-0.15, -0.1) is 0 Å². The number of piperidine rings is 1. The molecule has 1 N–H and O–H groups in total. The molecular weight excluding hydrogens is 682 g/mol. The summed E-state index contributed by atoms with van der Waals surface area (Å²) >= 11 is 22.5. The van der Waals surface area contributed by atoms with E-state index >= 15 is 0 Å². The van der Waals surface area contributed by atoms with Crippen molar-refractivity contribution < 1.29 is 22.8 Å². The average molecular weight is 723 g/mol. The maximum atomic E-state index is 13.0. The van der Waals surface area contributed by atoms with Crippen molar-refractivity contribution in [1.29, 1.82) is 0 Å². The molecule has 14 heteroatoms. The largest absolute Gasteiger partial charge is 0.390 e. The first kappa shape index (κ1) is 36.9. The van der Waals surface area contributed by atoms with E-state index in [4.69, 9.17) is 34.8 Å². The van der Waals surface area contributed by atoms with E-state index in [1.807, 2.05) is 25.2 Å². The Kier molecular flexibility index (Phi) is 13.2. The molecule has 0 saturated carbocycles. The number of nitrogens with one attached hydrogen (secondary N) is 1. The van der Waals surface area contributed by atoms with Crippen LogP contribution in [0.4, 0.5) is 18.9 Å². The Hall–Kier alpha value is -1.89. The number of carbonyl (C=O) groups excluding carboxylic acids is 2. The van der Waals surface area contributed by atoms with Gasteiger partial charge in [-0.25, -0.2) is 0 Å². The fraction of sp³-hybridized carbons (Fsp3) is 0.562. The van der Waals surface area contributed by atoms with Crippen molar-refractivity contribution in [2.24, 2.45) is 0 Å². The van der Waals surface area contributed by atoms with Crippen LogP contribution in [0.15, 0.2) is 36.4 Å². The molecule has 254 valence electrons. The molecule has 0 bridgehead atoms. The van der Waals surface area contributed by atoms with Crippen molar-refractivity contribution in [3.05, 3.63) is 62.6 Å². The van der Waals surface area contributed by atoms with Crippen LogP contribution in [0.25, 0.3) is 0 Å². The minimum Gasteiger partial charge on any atom is -0.380 e. The van der Waals surface area contributed by atoms with Crippen LogP contribution in [0, 0.1) is 0 Å². The summed E-state index contributed by atoms with van der Waals surface area (Å²) in [7, 11) is 2.02. The number of piperazine rings is 1. The molecule has 0 radical (unpaired) electrons. The van der Waals surface area contributed by atoms with Crippen molar-refractivity contribution in [1.82, 2.24) is 19.6 Å². The molecule has 3 heterocycles. The van der Waals surface area contributed by atoms with E-state index in [1.165, 1.54) is 10.5 Å². The predicted molar refractivity (Wildman–Crippen MR) is 183 cm³/mol. The molecule has 46 heavy (non-hydrogen) atoms. The molecule has 1 unspecified atom stereocenters. The van der Waals surface area contributed by atoms with Crippen molar-refractivity contribution in [3.8, 4) is 0 Å². The zero-order chi connectivity index (χ0) is 33.6. The number of benzene rings is 2. The van der Waals surface area contributed by atoms with Gasteiger partial charge < -0.3 is 20.0 Å². The van der Waals surface area contributed by atoms with Gasteiger partial charge in [-0.2, -0.15) is 25.8 Å². The molecular formula is C32H41Cl3F3N5O2S. The summed E-state index contributed by atoms with van der Waals surface area (Å²) in [5.41, 5.74) is 2.37. The minimum absolute atomic E-state index is 0.156. The third kappa shape index (κ3) is 10.3. The van der Waals surface area contributed by atoms with Crippen LogP contribution < -0.4 is 5.32 Å². The molecule has 0 aliphatic carbocycles. The highest BCUT2D eigenvalue weighted by Crippen LogP contribution is 2.32. The predicted octanol–water partition coefficient (Wildman–Crippen LogP) is 6.62. The zero-order valence-corrected chi connectivity index (χ0v) is 29.2. The fourth-order valence-corrected chi connectivity index (χ4v) is 7.12. The number of hydrogen-bond acceptors (Lipinski definition) is 6. The van der Waals surface area contributed by atoms with Gasteiger partial charge in [0, 0.05) is 69.1 Å². The number of halogens is 6. The number of carbonyl (C=O) groups is 2. The molecule has 2 aromatic carbocycles. The highest BCUT2D eigenvalue weighted by atomic mass is 35.5. The molecule has 1 atom stereocenters. The van der Waals surface area contributed by atoms with Crippen molar-refractivity contribution >= 4 is 64.9 Å². The van der Waals surface area contributed by atoms with Crippen LogP contribution in [0.3, 0.4) is 0 Å². The van der Waals surface area contributed by atoms with Gasteiger partial charge in [-0.1, -0.05) is 53.9 Å². The van der Waals surface area contributed by atoms with Crippen LogP contribution in [-0.2, 0) is 11.2 Å². The highest BCUT2D eigenvalue weighted by molar-refractivity contribution is 7.81. The fourth-order valence-electron chi connectivity index (χ4n) is 5.89. The van der Waals surface area contributed by atoms with Gasteiger partial charge in [-0.05, 0) is 56.1 Å². The second-order valence-corrected chi connectivity index (χ2v) is 14.0. The van der Waals surface area contributed by atoms with E-state index in [1.54, 1.807) is 17.0 Å². The van der Waals surface area contributed by atoms with Crippen LogP contribution in [0.5, 0.6) is 0 Å². The molecule has 2 aromatic rings. The van der Waals surface area contributed by atoms with E-state index < -0.39 is 23.8 Å². The van der Waals surface area contributed by atoms with Gasteiger partial charge in [0.2, 0.25) is 5.91 Å². The number of amides is 2. The highest BCUT2D eigenvalue weighted by Gasteiger charge is 2.38. The summed E-state index contributed by atoms with van der Waals surface area (Å²) in [6.45, 7) is 7.45. The van der Waals surface area contributed by atoms with Crippen molar-refractivity contribution in [3.63, 3.8) is 0 Å². The first-order valence-corrected chi connectivity index (χ1v) is 17.1. The molecule has 2 amide bonds. The van der Waals surface area contributed by atoms with Gasteiger partial charge in [0.15, 0.2) is 0 Å². The molecule has 3 aliphatic rings. The summed E-state index contributed by atoms with van der Waals surface area (Å²) in [6, 6.07) is 11.9. The maximum absolute atomic E-state index is 13.0. The Morgan fingerprint density at radius 2 is 1.57 bits per heavy atom. The third-order valence-corrected chi connectivity index (χ3v) is 9.86. The van der Waals surface area contributed by atoms with Gasteiger partial charge in [-0.3, -0.25) is 14.5 Å². The maximum Gasteiger partial charge on any atom is 0.390 e. The Balaban J connectivity index is 0.000000459. The van der Waals surface area contributed by atoms with E-state index in [9.17, 15) is 22.8 Å². The number of likely N-dealkylation sites (tertiary alicyclic amines) is 2.